The number of carboxylic acid groups (broad SMARTS) is 1. The maximum Gasteiger partial charge on any atom is 0.290 e. The van der Waals surface area contributed by atoms with Gasteiger partial charge in [-0.25, -0.2) is 4.99 Å². The summed E-state index contributed by atoms with van der Waals surface area (Å²) >= 11 is 5.64. The van der Waals surface area contributed by atoms with Crippen molar-refractivity contribution in [2.24, 2.45) is 16.5 Å². The molecule has 14 heavy (non-hydrogen) atoms. The molecule has 76 valence electrons. The van der Waals surface area contributed by atoms with Crippen LogP contribution in [-0.4, -0.2) is 17.5 Å². The fraction of sp³-hybridized carbons (Fsp3) is 0. The molecule has 0 fully saturated rings. The predicted octanol–water partition coefficient (Wildman–Crippen LogP) is 0.946. The number of hydrogen-bond donors (Lipinski definition) is 3. The van der Waals surface area contributed by atoms with Crippen molar-refractivity contribution in [3.63, 3.8) is 0 Å². The van der Waals surface area contributed by atoms with Crippen LogP contribution in [0.15, 0.2) is 29.3 Å². The first kappa shape index (κ1) is 12.2. The molecule has 0 aromatic heterocycles. The molecule has 0 atom stereocenters. The number of guanidine groups is 1. The van der Waals surface area contributed by atoms with Gasteiger partial charge in [-0.2, -0.15) is 0 Å². The van der Waals surface area contributed by atoms with E-state index in [9.17, 15) is 0 Å². The van der Waals surface area contributed by atoms with Crippen molar-refractivity contribution in [1.82, 2.24) is 0 Å². The SMILES string of the molecule is NC(N)=Nc1ccc(Cl)cc1.O=CO. The summed E-state index contributed by atoms with van der Waals surface area (Å²) in [6.07, 6.45) is 0. The van der Waals surface area contributed by atoms with E-state index in [0.29, 0.717) is 10.7 Å². The van der Waals surface area contributed by atoms with Gasteiger partial charge in [-0.1, -0.05) is 11.6 Å². The Morgan fingerprint density at radius 3 is 2.14 bits per heavy atom. The molecule has 5 nitrogen and oxygen atoms in total. The molecule has 0 amide bonds. The zero-order valence-electron chi connectivity index (χ0n) is 7.22. The van der Waals surface area contributed by atoms with Crippen LogP contribution in [0.25, 0.3) is 0 Å². The van der Waals surface area contributed by atoms with Crippen LogP contribution >= 0.6 is 11.6 Å². The number of hydrogen-bond acceptors (Lipinski definition) is 2. The van der Waals surface area contributed by atoms with Crippen LogP contribution in [-0.2, 0) is 4.79 Å². The van der Waals surface area contributed by atoms with Crippen LogP contribution in [0.5, 0.6) is 0 Å². The Bertz CT molecular complexity index is 307. The second-order valence-electron chi connectivity index (χ2n) is 2.12. The fourth-order valence-corrected chi connectivity index (χ4v) is 0.791. The molecule has 0 saturated heterocycles. The number of nitrogens with zero attached hydrogens (tertiary/aromatic N) is 1. The first-order valence-electron chi connectivity index (χ1n) is 3.53. The normalized spacial score (nSPS) is 8.07. The van der Waals surface area contributed by atoms with Crippen LogP contribution in [0.1, 0.15) is 0 Å². The lowest BCUT2D eigenvalue weighted by Gasteiger charge is -1.93. The molecule has 5 N–H and O–H groups in total. The summed E-state index contributed by atoms with van der Waals surface area (Å²) in [6, 6.07) is 6.93. The van der Waals surface area contributed by atoms with Gasteiger partial charge < -0.3 is 16.6 Å². The minimum absolute atomic E-state index is 0.0484. The average Bonchev–Trinajstić information content (AvgIpc) is 2.09. The second kappa shape index (κ2) is 6.73. The number of halogens is 1. The molecule has 6 heteroatoms. The highest BCUT2D eigenvalue weighted by molar-refractivity contribution is 6.30. The highest BCUT2D eigenvalue weighted by Gasteiger charge is 1.88. The van der Waals surface area contributed by atoms with Crippen molar-refractivity contribution in [3.05, 3.63) is 29.3 Å². The molecule has 0 spiro atoms. The zero-order valence-corrected chi connectivity index (χ0v) is 7.98. The molecule has 0 unspecified atom stereocenters. The number of aliphatic imine (C=N–C) groups is 1. The smallest absolute Gasteiger partial charge is 0.290 e. The van der Waals surface area contributed by atoms with Crippen LogP contribution in [0, 0.1) is 0 Å². The summed E-state index contributed by atoms with van der Waals surface area (Å²) < 4.78 is 0. The molecule has 0 bridgehead atoms. The highest BCUT2D eigenvalue weighted by atomic mass is 35.5. The van der Waals surface area contributed by atoms with Crippen molar-refractivity contribution >= 4 is 29.7 Å². The third kappa shape index (κ3) is 5.84. The topological polar surface area (TPSA) is 102 Å². The van der Waals surface area contributed by atoms with Gasteiger partial charge in [0.15, 0.2) is 5.96 Å². The van der Waals surface area contributed by atoms with Crippen molar-refractivity contribution in [2.45, 2.75) is 0 Å². The minimum Gasteiger partial charge on any atom is -0.483 e. The Morgan fingerprint density at radius 1 is 1.36 bits per heavy atom. The first-order valence-corrected chi connectivity index (χ1v) is 3.91. The van der Waals surface area contributed by atoms with E-state index in [-0.39, 0.29) is 12.4 Å². The maximum atomic E-state index is 8.36. The van der Waals surface area contributed by atoms with Crippen LogP contribution in [0.2, 0.25) is 5.02 Å². The summed E-state index contributed by atoms with van der Waals surface area (Å²) in [6.45, 7) is -0.250. The van der Waals surface area contributed by atoms with Gasteiger partial charge in [-0.15, -0.1) is 0 Å². The lowest BCUT2D eigenvalue weighted by Crippen LogP contribution is -2.21. The zero-order chi connectivity index (χ0) is 11.0. The summed E-state index contributed by atoms with van der Waals surface area (Å²) in [5.41, 5.74) is 11.0. The Labute approximate surface area is 86.0 Å². The second-order valence-corrected chi connectivity index (χ2v) is 2.55. The first-order chi connectivity index (χ1) is 6.60. The Balaban J connectivity index is 0.000000500. The molecule has 0 aliphatic carbocycles. The quantitative estimate of drug-likeness (QED) is 0.369. The van der Waals surface area contributed by atoms with Crippen molar-refractivity contribution in [3.8, 4) is 0 Å². The Kier molecular flexibility index (Phi) is 5.89. The van der Waals surface area contributed by atoms with E-state index in [4.69, 9.17) is 33.0 Å². The maximum absolute atomic E-state index is 8.36. The van der Waals surface area contributed by atoms with Gasteiger partial charge in [-0.05, 0) is 24.3 Å². The molecular formula is C8H10ClN3O2. The van der Waals surface area contributed by atoms with E-state index in [1.165, 1.54) is 0 Å². The van der Waals surface area contributed by atoms with Crippen LogP contribution in [0.4, 0.5) is 5.69 Å². The summed E-state index contributed by atoms with van der Waals surface area (Å²) in [5, 5.41) is 7.56. The monoisotopic (exact) mass is 215 g/mol. The van der Waals surface area contributed by atoms with Crippen LogP contribution in [0.3, 0.4) is 0 Å². The van der Waals surface area contributed by atoms with Crippen molar-refractivity contribution in [2.75, 3.05) is 0 Å². The molecule has 0 aliphatic heterocycles. The molecule has 1 aromatic rings. The Hall–Kier alpha value is -1.75. The van der Waals surface area contributed by atoms with E-state index in [1.54, 1.807) is 24.3 Å². The van der Waals surface area contributed by atoms with E-state index in [0.717, 1.165) is 0 Å². The molecule has 0 aliphatic rings. The minimum atomic E-state index is -0.250. The molecule has 1 aromatic carbocycles. The lowest BCUT2D eigenvalue weighted by atomic mass is 10.3. The lowest BCUT2D eigenvalue weighted by molar-refractivity contribution is -0.122. The van der Waals surface area contributed by atoms with Gasteiger partial charge in [0.1, 0.15) is 0 Å². The van der Waals surface area contributed by atoms with E-state index >= 15 is 0 Å². The molecule has 0 radical (unpaired) electrons. The molecule has 0 heterocycles. The van der Waals surface area contributed by atoms with Gasteiger partial charge in [-0.3, -0.25) is 4.79 Å². The van der Waals surface area contributed by atoms with E-state index in [1.807, 2.05) is 0 Å². The summed E-state index contributed by atoms with van der Waals surface area (Å²) in [5.74, 6) is 0.0484. The highest BCUT2D eigenvalue weighted by Crippen LogP contribution is 2.15. The summed E-state index contributed by atoms with van der Waals surface area (Å²) in [7, 11) is 0. The third-order valence-electron chi connectivity index (χ3n) is 1.08. The number of rotatable bonds is 1. The van der Waals surface area contributed by atoms with Crippen LogP contribution < -0.4 is 11.5 Å². The van der Waals surface area contributed by atoms with Crippen molar-refractivity contribution < 1.29 is 9.90 Å². The standard InChI is InChI=1S/C7H8ClN3.CH2O2/c8-5-1-3-6(4-2-5)11-7(9)10;2-1-3/h1-4H,(H4,9,10,11);1H,(H,2,3). The summed E-state index contributed by atoms with van der Waals surface area (Å²) in [4.78, 5) is 12.2. The average molecular weight is 216 g/mol. The van der Waals surface area contributed by atoms with E-state index < -0.39 is 0 Å². The van der Waals surface area contributed by atoms with E-state index in [2.05, 4.69) is 4.99 Å². The Morgan fingerprint density at radius 2 is 1.79 bits per heavy atom. The fourth-order valence-electron chi connectivity index (χ4n) is 0.665. The number of nitrogens with two attached hydrogens (primary N) is 2. The predicted molar refractivity (Wildman–Crippen MR) is 55.6 cm³/mol. The largest absolute Gasteiger partial charge is 0.483 e. The third-order valence-corrected chi connectivity index (χ3v) is 1.34. The number of carbonyl (C=O) groups is 1. The number of benzene rings is 1. The van der Waals surface area contributed by atoms with Gasteiger partial charge in [0.2, 0.25) is 0 Å². The molecule has 0 saturated carbocycles. The van der Waals surface area contributed by atoms with Gasteiger partial charge in [0.05, 0.1) is 5.69 Å². The van der Waals surface area contributed by atoms with Gasteiger partial charge >= 0.3 is 0 Å². The van der Waals surface area contributed by atoms with Crippen molar-refractivity contribution in [1.29, 1.82) is 0 Å². The molecule has 1 rings (SSSR count). The molecular weight excluding hydrogens is 206 g/mol. The van der Waals surface area contributed by atoms with Gasteiger partial charge in [0, 0.05) is 5.02 Å². The van der Waals surface area contributed by atoms with Gasteiger partial charge in [0.25, 0.3) is 6.47 Å².